The first-order chi connectivity index (χ1) is 9.08. The van der Waals surface area contributed by atoms with Crippen molar-refractivity contribution < 1.29 is 4.92 Å². The number of benzene rings is 2. The zero-order chi connectivity index (χ0) is 13.8. The minimum atomic E-state index is -0.547. The van der Waals surface area contributed by atoms with E-state index in [1.807, 2.05) is 18.2 Å². The average Bonchev–Trinajstić information content (AvgIpc) is 2.40. The largest absolute Gasteiger partial charge is 0.393 e. The maximum absolute atomic E-state index is 10.8. The van der Waals surface area contributed by atoms with Gasteiger partial charge in [-0.15, -0.1) is 12.4 Å². The van der Waals surface area contributed by atoms with Crippen molar-refractivity contribution in [3.05, 3.63) is 64.2 Å². The Balaban J connectivity index is 0.00000200. The van der Waals surface area contributed by atoms with Crippen LogP contribution >= 0.6 is 12.4 Å². The molecular formula is C13H13ClN4O2. The topological polar surface area (TPSA) is 108 Å². The number of aliphatic imine (C=N–C) groups is 1. The van der Waals surface area contributed by atoms with Crippen molar-refractivity contribution in [3.63, 3.8) is 0 Å². The zero-order valence-corrected chi connectivity index (χ0v) is 11.2. The summed E-state index contributed by atoms with van der Waals surface area (Å²) in [5.41, 5.74) is 12.4. The van der Waals surface area contributed by atoms with Crippen molar-refractivity contribution in [1.82, 2.24) is 0 Å². The smallest absolute Gasteiger partial charge is 0.292 e. The van der Waals surface area contributed by atoms with Gasteiger partial charge in [-0.3, -0.25) is 10.1 Å². The summed E-state index contributed by atoms with van der Waals surface area (Å²) in [6, 6.07) is 13.5. The number of nitrogens with two attached hydrogens (primary N) is 2. The molecule has 7 heteroatoms. The van der Waals surface area contributed by atoms with Crippen molar-refractivity contribution in [2.24, 2.45) is 10.7 Å². The molecule has 0 heterocycles. The summed E-state index contributed by atoms with van der Waals surface area (Å²) in [5, 5.41) is 10.8. The number of nitro groups is 1. The second-order valence-electron chi connectivity index (χ2n) is 3.86. The van der Waals surface area contributed by atoms with Gasteiger partial charge in [-0.2, -0.15) is 0 Å². The molecule has 0 atom stereocenters. The lowest BCUT2D eigenvalue weighted by molar-refractivity contribution is -0.383. The van der Waals surface area contributed by atoms with Crippen molar-refractivity contribution >= 4 is 35.3 Å². The standard InChI is InChI=1S/C13H12N4O2.ClH/c14-11-7-6-9(8-12(11)17(18)19)13(15)16-10-4-2-1-3-5-10;/h1-8H,14H2,(H2,15,16);1H. The molecule has 0 aromatic heterocycles. The maximum Gasteiger partial charge on any atom is 0.292 e. The molecule has 0 fully saturated rings. The van der Waals surface area contributed by atoms with Crippen LogP contribution in [0.3, 0.4) is 0 Å². The quantitative estimate of drug-likeness (QED) is 0.298. The van der Waals surface area contributed by atoms with Crippen LogP contribution in [0.2, 0.25) is 0 Å². The second-order valence-corrected chi connectivity index (χ2v) is 3.86. The van der Waals surface area contributed by atoms with Gasteiger partial charge in [0, 0.05) is 11.6 Å². The molecule has 2 rings (SSSR count). The molecule has 104 valence electrons. The Labute approximate surface area is 121 Å². The molecule has 0 spiro atoms. The number of rotatable bonds is 3. The molecule has 0 bridgehead atoms. The highest BCUT2D eigenvalue weighted by Crippen LogP contribution is 2.22. The highest BCUT2D eigenvalue weighted by molar-refractivity contribution is 6.00. The number of amidine groups is 1. The molecule has 0 aliphatic heterocycles. The minimum absolute atomic E-state index is 0. The molecule has 0 aliphatic carbocycles. The van der Waals surface area contributed by atoms with Crippen molar-refractivity contribution in [3.8, 4) is 0 Å². The van der Waals surface area contributed by atoms with E-state index in [2.05, 4.69) is 4.99 Å². The monoisotopic (exact) mass is 292 g/mol. The molecule has 0 aliphatic rings. The molecule has 4 N–H and O–H groups in total. The first-order valence-corrected chi connectivity index (χ1v) is 5.51. The van der Waals surface area contributed by atoms with Crippen molar-refractivity contribution in [2.75, 3.05) is 5.73 Å². The predicted molar refractivity (Wildman–Crippen MR) is 81.6 cm³/mol. The zero-order valence-electron chi connectivity index (χ0n) is 10.4. The first-order valence-electron chi connectivity index (χ1n) is 5.51. The van der Waals surface area contributed by atoms with E-state index in [0.29, 0.717) is 11.3 Å². The van der Waals surface area contributed by atoms with Crippen molar-refractivity contribution in [2.45, 2.75) is 0 Å². The minimum Gasteiger partial charge on any atom is -0.393 e. The molecule has 0 unspecified atom stereocenters. The predicted octanol–water partition coefficient (Wildman–Crippen LogP) is 2.64. The third-order valence-electron chi connectivity index (χ3n) is 2.53. The van der Waals surface area contributed by atoms with Gasteiger partial charge in [0.05, 0.1) is 10.6 Å². The fraction of sp³-hybridized carbons (Fsp3) is 0. The Kier molecular flexibility index (Phi) is 5.05. The Morgan fingerprint density at radius 1 is 1.15 bits per heavy atom. The fourth-order valence-electron chi connectivity index (χ4n) is 1.57. The number of nitrogens with zero attached hydrogens (tertiary/aromatic N) is 2. The molecule has 0 radical (unpaired) electrons. The number of nitrogen functional groups attached to an aromatic ring is 1. The molecule has 0 saturated carbocycles. The van der Waals surface area contributed by atoms with E-state index in [-0.39, 0.29) is 29.6 Å². The number of halogens is 1. The third kappa shape index (κ3) is 3.46. The Morgan fingerprint density at radius 2 is 1.80 bits per heavy atom. The number of para-hydroxylation sites is 1. The van der Waals surface area contributed by atoms with E-state index in [9.17, 15) is 10.1 Å². The lowest BCUT2D eigenvalue weighted by Gasteiger charge is -2.03. The fourth-order valence-corrected chi connectivity index (χ4v) is 1.57. The Hall–Kier alpha value is -2.60. The molecule has 2 aromatic rings. The summed E-state index contributed by atoms with van der Waals surface area (Å²) in [7, 11) is 0. The Bertz CT molecular complexity index is 644. The molecule has 6 nitrogen and oxygen atoms in total. The number of nitro benzene ring substituents is 1. The second kappa shape index (κ2) is 6.53. The van der Waals surface area contributed by atoms with Gasteiger partial charge >= 0.3 is 0 Å². The highest BCUT2D eigenvalue weighted by Gasteiger charge is 2.13. The van der Waals surface area contributed by atoms with E-state index >= 15 is 0 Å². The maximum atomic E-state index is 10.8. The van der Waals surface area contributed by atoms with Crippen LogP contribution in [0.5, 0.6) is 0 Å². The van der Waals surface area contributed by atoms with Gasteiger partial charge in [0.2, 0.25) is 0 Å². The molecule has 0 saturated heterocycles. The summed E-state index contributed by atoms with van der Waals surface area (Å²) < 4.78 is 0. The Morgan fingerprint density at radius 3 is 2.40 bits per heavy atom. The van der Waals surface area contributed by atoms with E-state index in [1.54, 1.807) is 18.2 Å². The van der Waals surface area contributed by atoms with Crippen LogP contribution in [-0.4, -0.2) is 10.8 Å². The normalized spacial score (nSPS) is 10.7. The van der Waals surface area contributed by atoms with E-state index in [1.165, 1.54) is 12.1 Å². The van der Waals surface area contributed by atoms with Gasteiger partial charge in [-0.05, 0) is 24.3 Å². The van der Waals surface area contributed by atoms with Crippen LogP contribution in [0.4, 0.5) is 17.1 Å². The number of anilines is 1. The summed E-state index contributed by atoms with van der Waals surface area (Å²) in [6.45, 7) is 0. The summed E-state index contributed by atoms with van der Waals surface area (Å²) in [5.74, 6) is 0.203. The summed E-state index contributed by atoms with van der Waals surface area (Å²) >= 11 is 0. The molecule has 20 heavy (non-hydrogen) atoms. The van der Waals surface area contributed by atoms with E-state index in [0.717, 1.165) is 0 Å². The van der Waals surface area contributed by atoms with Gasteiger partial charge in [0.25, 0.3) is 5.69 Å². The average molecular weight is 293 g/mol. The van der Waals surface area contributed by atoms with Crippen LogP contribution in [-0.2, 0) is 0 Å². The van der Waals surface area contributed by atoms with E-state index < -0.39 is 4.92 Å². The molecule has 0 amide bonds. The number of hydrogen-bond donors (Lipinski definition) is 2. The lowest BCUT2D eigenvalue weighted by Crippen LogP contribution is -2.13. The first kappa shape index (κ1) is 15.5. The SMILES string of the molecule is Cl.NC(=Nc1ccccc1)c1ccc(N)c([N+](=O)[O-])c1. The third-order valence-corrected chi connectivity index (χ3v) is 2.53. The van der Waals surface area contributed by atoms with Crippen LogP contribution in [0.15, 0.2) is 53.5 Å². The van der Waals surface area contributed by atoms with Gasteiger partial charge < -0.3 is 11.5 Å². The lowest BCUT2D eigenvalue weighted by atomic mass is 10.1. The summed E-state index contributed by atoms with van der Waals surface area (Å²) in [6.07, 6.45) is 0. The summed E-state index contributed by atoms with van der Waals surface area (Å²) in [4.78, 5) is 14.4. The number of hydrogen-bond acceptors (Lipinski definition) is 4. The van der Waals surface area contributed by atoms with Gasteiger partial charge in [0.1, 0.15) is 11.5 Å². The van der Waals surface area contributed by atoms with Gasteiger partial charge in [-0.25, -0.2) is 4.99 Å². The van der Waals surface area contributed by atoms with Gasteiger partial charge in [-0.1, -0.05) is 18.2 Å². The van der Waals surface area contributed by atoms with Crippen LogP contribution in [0, 0.1) is 10.1 Å². The van der Waals surface area contributed by atoms with E-state index in [4.69, 9.17) is 11.5 Å². The van der Waals surface area contributed by atoms with Crippen LogP contribution in [0.25, 0.3) is 0 Å². The van der Waals surface area contributed by atoms with Crippen LogP contribution < -0.4 is 11.5 Å². The van der Waals surface area contributed by atoms with Gasteiger partial charge in [0.15, 0.2) is 0 Å². The highest BCUT2D eigenvalue weighted by atomic mass is 35.5. The molecule has 2 aromatic carbocycles. The van der Waals surface area contributed by atoms with Crippen molar-refractivity contribution in [1.29, 1.82) is 0 Å². The molecular weight excluding hydrogens is 280 g/mol. The van der Waals surface area contributed by atoms with Crippen LogP contribution in [0.1, 0.15) is 5.56 Å².